The summed E-state index contributed by atoms with van der Waals surface area (Å²) in [6.07, 6.45) is 1.07. The Balaban J connectivity index is 1.81. The number of carbonyl (C=O) groups excluding carboxylic acids is 1. The number of fused-ring (bicyclic) bond motifs is 1. The van der Waals surface area contributed by atoms with Crippen LogP contribution in [-0.2, 0) is 17.8 Å². The second-order valence-electron chi connectivity index (χ2n) is 4.55. The molecule has 0 radical (unpaired) electrons. The molecule has 2 aliphatic rings. The average molecular weight is 362 g/mol. The number of ether oxygens (including phenoxy) is 1. The summed E-state index contributed by atoms with van der Waals surface area (Å²) in [4.78, 5) is 13.9. The molecule has 1 amide bonds. The molecule has 0 bridgehead atoms. The minimum Gasteiger partial charge on any atom is -0.359 e. The van der Waals surface area contributed by atoms with Crippen molar-refractivity contribution in [1.29, 1.82) is 0 Å². The Labute approximate surface area is 119 Å². The van der Waals surface area contributed by atoms with E-state index in [1.807, 2.05) is 10.7 Å². The zero-order valence-corrected chi connectivity index (χ0v) is 12.2. The van der Waals surface area contributed by atoms with Crippen LogP contribution in [0.25, 0.3) is 0 Å². The van der Waals surface area contributed by atoms with Crippen LogP contribution in [0.15, 0.2) is 6.07 Å². The van der Waals surface area contributed by atoms with Crippen LogP contribution >= 0.6 is 22.9 Å². The van der Waals surface area contributed by atoms with Gasteiger partial charge in [-0.15, -0.1) is 0 Å². The summed E-state index contributed by atoms with van der Waals surface area (Å²) in [5, 5.41) is 4.43. The fourth-order valence-corrected chi connectivity index (χ4v) is 2.95. The Morgan fingerprint density at radius 1 is 1.39 bits per heavy atom. The van der Waals surface area contributed by atoms with Crippen LogP contribution in [0, 0.1) is 0 Å². The fraction of sp³-hybridized carbons (Fsp3) is 0.636. The molecule has 0 N–H and O–H groups in total. The van der Waals surface area contributed by atoms with Crippen LogP contribution in [0.1, 0.15) is 22.6 Å². The molecule has 0 unspecified atom stereocenters. The molecule has 0 saturated carbocycles. The van der Waals surface area contributed by atoms with Crippen molar-refractivity contribution < 1.29 is 9.53 Å². The van der Waals surface area contributed by atoms with Gasteiger partial charge in [0.25, 0.3) is 5.91 Å². The predicted molar refractivity (Wildman–Crippen MR) is 73.1 cm³/mol. The highest BCUT2D eigenvalue weighted by atomic mass is 127. The molecule has 98 valence electrons. The van der Waals surface area contributed by atoms with E-state index >= 15 is 0 Å². The zero-order chi connectivity index (χ0) is 12.5. The normalized spacial score (nSPS) is 20.8. The van der Waals surface area contributed by atoms with Gasteiger partial charge in [0, 0.05) is 42.5 Å². The van der Waals surface area contributed by atoms with E-state index in [4.69, 9.17) is 4.74 Å². The number of hydrogen-bond acceptors (Lipinski definition) is 4. The Bertz CT molecular complexity index is 456. The van der Waals surface area contributed by atoms with Gasteiger partial charge in [-0.2, -0.15) is 5.10 Å². The number of hydrogen-bond donors (Lipinski definition) is 0. The van der Waals surface area contributed by atoms with Gasteiger partial charge >= 0.3 is 0 Å². The standard InChI is InChI=1S/C11H15IN4O2/c12-15-2-1-3-16-9(7-15)6-10(13-16)11(17)14-4-5-18-8-14/h6H,1-5,7-8H2. The van der Waals surface area contributed by atoms with E-state index in [2.05, 4.69) is 31.1 Å². The van der Waals surface area contributed by atoms with Crippen molar-refractivity contribution in [1.82, 2.24) is 17.8 Å². The Kier molecular flexibility index (Phi) is 3.53. The van der Waals surface area contributed by atoms with Crippen molar-refractivity contribution in [2.75, 3.05) is 26.4 Å². The summed E-state index contributed by atoms with van der Waals surface area (Å²) in [7, 11) is 0. The van der Waals surface area contributed by atoms with Gasteiger partial charge < -0.3 is 9.64 Å². The first-order valence-electron chi connectivity index (χ1n) is 6.08. The summed E-state index contributed by atoms with van der Waals surface area (Å²) < 4.78 is 9.39. The van der Waals surface area contributed by atoms with Crippen LogP contribution in [0.4, 0.5) is 0 Å². The fourth-order valence-electron chi connectivity index (χ4n) is 2.26. The van der Waals surface area contributed by atoms with E-state index in [0.29, 0.717) is 25.6 Å². The molecular weight excluding hydrogens is 347 g/mol. The minimum atomic E-state index is -0.0203. The van der Waals surface area contributed by atoms with Crippen molar-refractivity contribution in [2.24, 2.45) is 0 Å². The van der Waals surface area contributed by atoms with Gasteiger partial charge in [0.1, 0.15) is 6.73 Å². The Morgan fingerprint density at radius 2 is 2.28 bits per heavy atom. The van der Waals surface area contributed by atoms with E-state index in [0.717, 1.165) is 31.7 Å². The number of aromatic nitrogens is 2. The first-order valence-corrected chi connectivity index (χ1v) is 7.05. The van der Waals surface area contributed by atoms with Gasteiger partial charge in [-0.25, -0.2) is 3.11 Å². The molecule has 1 saturated heterocycles. The maximum atomic E-state index is 12.2. The lowest BCUT2D eigenvalue weighted by Crippen LogP contribution is -2.28. The third kappa shape index (κ3) is 2.39. The molecule has 3 rings (SSSR count). The van der Waals surface area contributed by atoms with Gasteiger partial charge in [0.2, 0.25) is 0 Å². The lowest BCUT2D eigenvalue weighted by Gasteiger charge is -2.11. The van der Waals surface area contributed by atoms with Crippen LogP contribution in [0.3, 0.4) is 0 Å². The van der Waals surface area contributed by atoms with Crippen molar-refractivity contribution in [3.63, 3.8) is 0 Å². The average Bonchev–Trinajstić information content (AvgIpc) is 2.96. The van der Waals surface area contributed by atoms with Crippen molar-refractivity contribution in [3.8, 4) is 0 Å². The second kappa shape index (κ2) is 5.14. The highest BCUT2D eigenvalue weighted by molar-refractivity contribution is 14.1. The number of carbonyl (C=O) groups is 1. The first-order chi connectivity index (χ1) is 8.74. The van der Waals surface area contributed by atoms with E-state index in [1.54, 1.807) is 4.90 Å². The van der Waals surface area contributed by atoms with Gasteiger partial charge in [-0.05, 0) is 12.5 Å². The van der Waals surface area contributed by atoms with Crippen LogP contribution < -0.4 is 0 Å². The van der Waals surface area contributed by atoms with Crippen molar-refractivity contribution in [2.45, 2.75) is 19.5 Å². The van der Waals surface area contributed by atoms with Crippen LogP contribution in [-0.4, -0.2) is 50.1 Å². The molecule has 0 aromatic carbocycles. The quantitative estimate of drug-likeness (QED) is 0.550. The highest BCUT2D eigenvalue weighted by Crippen LogP contribution is 2.17. The number of aryl methyl sites for hydroxylation is 1. The Hall–Kier alpha value is -0.670. The highest BCUT2D eigenvalue weighted by Gasteiger charge is 2.24. The van der Waals surface area contributed by atoms with Gasteiger partial charge in [0.15, 0.2) is 5.69 Å². The molecule has 0 aliphatic carbocycles. The van der Waals surface area contributed by atoms with E-state index in [9.17, 15) is 4.79 Å². The lowest BCUT2D eigenvalue weighted by atomic mass is 10.3. The van der Waals surface area contributed by atoms with Crippen molar-refractivity contribution >= 4 is 28.8 Å². The number of rotatable bonds is 1. The topological polar surface area (TPSA) is 50.6 Å². The maximum absolute atomic E-state index is 12.2. The molecule has 7 heteroatoms. The molecule has 18 heavy (non-hydrogen) atoms. The van der Waals surface area contributed by atoms with Crippen LogP contribution in [0.2, 0.25) is 0 Å². The van der Waals surface area contributed by atoms with Gasteiger partial charge in [-0.3, -0.25) is 9.48 Å². The number of nitrogens with zero attached hydrogens (tertiary/aromatic N) is 4. The molecular formula is C11H15IN4O2. The van der Waals surface area contributed by atoms with E-state index < -0.39 is 0 Å². The smallest absolute Gasteiger partial charge is 0.276 e. The maximum Gasteiger partial charge on any atom is 0.276 e. The monoisotopic (exact) mass is 362 g/mol. The first kappa shape index (κ1) is 12.4. The molecule has 3 heterocycles. The molecule has 0 spiro atoms. The summed E-state index contributed by atoms with van der Waals surface area (Å²) in [6, 6.07) is 1.91. The third-order valence-corrected chi connectivity index (χ3v) is 4.05. The van der Waals surface area contributed by atoms with Gasteiger partial charge in [-0.1, -0.05) is 0 Å². The van der Waals surface area contributed by atoms with Crippen LogP contribution in [0.5, 0.6) is 0 Å². The molecule has 0 atom stereocenters. The lowest BCUT2D eigenvalue weighted by molar-refractivity contribution is 0.0688. The van der Waals surface area contributed by atoms with E-state index in [1.165, 1.54) is 0 Å². The SMILES string of the molecule is O=C(c1cc2n(n1)CCCN(I)C2)N1CCOC1. The van der Waals surface area contributed by atoms with E-state index in [-0.39, 0.29) is 5.91 Å². The minimum absolute atomic E-state index is 0.0203. The summed E-state index contributed by atoms with van der Waals surface area (Å²) in [5.74, 6) is -0.0203. The van der Waals surface area contributed by atoms with Gasteiger partial charge in [0.05, 0.1) is 18.8 Å². The molecule has 6 nitrogen and oxygen atoms in total. The third-order valence-electron chi connectivity index (χ3n) is 3.23. The number of halogens is 1. The Morgan fingerprint density at radius 3 is 3.06 bits per heavy atom. The van der Waals surface area contributed by atoms with Crippen molar-refractivity contribution in [3.05, 3.63) is 17.5 Å². The zero-order valence-electron chi connectivity index (χ0n) is 10.0. The predicted octanol–water partition coefficient (Wildman–Crippen LogP) is 0.869. The molecule has 2 aliphatic heterocycles. The molecule has 1 fully saturated rings. The second-order valence-corrected chi connectivity index (χ2v) is 5.91. The molecule has 1 aromatic rings. The summed E-state index contributed by atoms with van der Waals surface area (Å²) in [5.41, 5.74) is 1.66. The summed E-state index contributed by atoms with van der Waals surface area (Å²) in [6.45, 7) is 4.48. The molecule has 1 aromatic heterocycles. The summed E-state index contributed by atoms with van der Waals surface area (Å²) >= 11 is 2.32. The largest absolute Gasteiger partial charge is 0.359 e. The number of amides is 1.